The molecule has 0 radical (unpaired) electrons. The molecule has 0 spiro atoms. The zero-order valence-electron chi connectivity index (χ0n) is 19.9. The zero-order valence-corrected chi connectivity index (χ0v) is 21.6. The molecule has 1 amide bonds. The maximum absolute atomic E-state index is 13.6. The van der Waals surface area contributed by atoms with Crippen molar-refractivity contribution in [2.45, 2.75) is 26.7 Å². The van der Waals surface area contributed by atoms with Gasteiger partial charge in [0.15, 0.2) is 0 Å². The molecule has 1 saturated carbocycles. The highest BCUT2D eigenvalue weighted by Crippen LogP contribution is 2.48. The highest BCUT2D eigenvalue weighted by atomic mass is 35.5. The summed E-state index contributed by atoms with van der Waals surface area (Å²) in [5, 5.41) is 6.43. The maximum Gasteiger partial charge on any atom is 0.340 e. The summed E-state index contributed by atoms with van der Waals surface area (Å²) >= 11 is 5.91. The smallest absolute Gasteiger partial charge is 0.340 e. The molecule has 2 N–H and O–H groups in total. The molecule has 1 heterocycles. The molecule has 9 nitrogen and oxygen atoms in total. The Morgan fingerprint density at radius 1 is 1.17 bits per heavy atom. The van der Waals surface area contributed by atoms with E-state index in [2.05, 4.69) is 20.6 Å². The van der Waals surface area contributed by atoms with Gasteiger partial charge in [-0.05, 0) is 56.9 Å². The van der Waals surface area contributed by atoms with Crippen LogP contribution >= 0.6 is 19.2 Å². The largest absolute Gasteiger partial charge is 0.491 e. The minimum absolute atomic E-state index is 0.0323. The maximum atomic E-state index is 13.6. The van der Waals surface area contributed by atoms with Crippen LogP contribution < -0.4 is 15.4 Å². The van der Waals surface area contributed by atoms with Crippen molar-refractivity contribution in [1.82, 2.24) is 9.97 Å². The molecule has 1 fully saturated rings. The average molecular weight is 537 g/mol. The Kier molecular flexibility index (Phi) is 8.41. The van der Waals surface area contributed by atoms with Crippen LogP contribution in [0.3, 0.4) is 0 Å². The Balaban J connectivity index is 1.65. The summed E-state index contributed by atoms with van der Waals surface area (Å²) in [7, 11) is -3.59. The molecule has 12 heteroatoms. The van der Waals surface area contributed by atoms with Crippen LogP contribution in [0.5, 0.6) is 5.75 Å². The summed E-state index contributed by atoms with van der Waals surface area (Å²) < 4.78 is 42.9. The van der Waals surface area contributed by atoms with Crippen LogP contribution in [0.15, 0.2) is 36.7 Å². The summed E-state index contributed by atoms with van der Waals surface area (Å²) in [5.74, 6) is 0.244. The zero-order chi connectivity index (χ0) is 25.7. The third-order valence-corrected chi connectivity index (χ3v) is 7.62. The average Bonchev–Trinajstić information content (AvgIpc) is 3.65. The number of benzene rings is 2. The van der Waals surface area contributed by atoms with E-state index in [0.29, 0.717) is 46.4 Å². The standard InChI is InChI=1S/C24H27ClFN4O5P/c1-3-34-36(32,35-4-2)13-23(31)30-21-10-17-20(11-22(21)33-12-15-5-6-15)27-14-28-24(17)29-16-7-8-19(26)18(25)9-16/h7-11,14-15H,3-6,12-13H2,1-2H3,(H,30,31)(H,27,28,29). The van der Waals surface area contributed by atoms with Crippen molar-refractivity contribution in [2.75, 3.05) is 36.6 Å². The predicted octanol–water partition coefficient (Wildman–Crippen LogP) is 6.16. The third-order valence-electron chi connectivity index (χ3n) is 5.35. The van der Waals surface area contributed by atoms with Gasteiger partial charge in [0.2, 0.25) is 5.91 Å². The van der Waals surface area contributed by atoms with Gasteiger partial charge in [-0.2, -0.15) is 0 Å². The van der Waals surface area contributed by atoms with Crippen LogP contribution in [0.4, 0.5) is 21.6 Å². The summed E-state index contributed by atoms with van der Waals surface area (Å²) in [5.41, 5.74) is 1.46. The van der Waals surface area contributed by atoms with Crippen LogP contribution in [0.2, 0.25) is 5.02 Å². The number of rotatable bonds is 12. The molecule has 2 aromatic carbocycles. The molecule has 0 bridgehead atoms. The van der Waals surface area contributed by atoms with Gasteiger partial charge in [-0.25, -0.2) is 14.4 Å². The van der Waals surface area contributed by atoms with Crippen molar-refractivity contribution in [3.8, 4) is 5.75 Å². The van der Waals surface area contributed by atoms with E-state index in [0.717, 1.165) is 12.8 Å². The molecule has 0 atom stereocenters. The second kappa shape index (κ2) is 11.5. The number of aromatic nitrogens is 2. The SMILES string of the molecule is CCOP(=O)(CC(=O)Nc1cc2c(Nc3ccc(F)c(Cl)c3)ncnc2cc1OCC1CC1)OCC. The molecule has 0 aliphatic heterocycles. The number of fused-ring (bicyclic) bond motifs is 1. The van der Waals surface area contributed by atoms with E-state index in [4.69, 9.17) is 25.4 Å². The Hall–Kier alpha value is -2.78. The van der Waals surface area contributed by atoms with Crippen molar-refractivity contribution >= 4 is 53.2 Å². The van der Waals surface area contributed by atoms with E-state index < -0.39 is 25.5 Å². The summed E-state index contributed by atoms with van der Waals surface area (Å²) in [6.45, 7) is 4.17. The number of halogens is 2. The predicted molar refractivity (Wildman–Crippen MR) is 137 cm³/mol. The fraction of sp³-hybridized carbons (Fsp3) is 0.375. The Morgan fingerprint density at radius 3 is 2.58 bits per heavy atom. The van der Waals surface area contributed by atoms with Crippen molar-refractivity contribution < 1.29 is 27.5 Å². The van der Waals surface area contributed by atoms with Crippen LogP contribution in [0.1, 0.15) is 26.7 Å². The highest BCUT2D eigenvalue weighted by molar-refractivity contribution is 7.54. The van der Waals surface area contributed by atoms with E-state index in [1.165, 1.54) is 24.5 Å². The first-order chi connectivity index (χ1) is 17.3. The number of hydrogen-bond donors (Lipinski definition) is 2. The summed E-state index contributed by atoms with van der Waals surface area (Å²) in [4.78, 5) is 21.5. The van der Waals surface area contributed by atoms with Crippen molar-refractivity contribution in [1.29, 1.82) is 0 Å². The minimum Gasteiger partial charge on any atom is -0.491 e. The van der Waals surface area contributed by atoms with Gasteiger partial charge >= 0.3 is 7.60 Å². The summed E-state index contributed by atoms with van der Waals surface area (Å²) in [6.07, 6.45) is 3.13. The number of nitrogens with one attached hydrogen (secondary N) is 2. The molecular formula is C24H27ClFN4O5P. The topological polar surface area (TPSA) is 112 Å². The molecule has 4 rings (SSSR count). The van der Waals surface area contributed by atoms with Crippen LogP contribution in [0, 0.1) is 11.7 Å². The van der Waals surface area contributed by atoms with E-state index in [-0.39, 0.29) is 18.2 Å². The first kappa shape index (κ1) is 26.3. The molecular weight excluding hydrogens is 510 g/mol. The number of carbonyl (C=O) groups is 1. The fourth-order valence-electron chi connectivity index (χ4n) is 3.49. The normalized spacial score (nSPS) is 13.6. The van der Waals surface area contributed by atoms with Gasteiger partial charge in [0.25, 0.3) is 0 Å². The Labute approximate surface area is 213 Å². The molecule has 192 valence electrons. The molecule has 36 heavy (non-hydrogen) atoms. The Bertz CT molecular complexity index is 1300. The number of hydrogen-bond acceptors (Lipinski definition) is 8. The first-order valence-electron chi connectivity index (χ1n) is 11.6. The second-order valence-electron chi connectivity index (χ2n) is 8.25. The van der Waals surface area contributed by atoms with Crippen molar-refractivity contribution in [2.24, 2.45) is 5.92 Å². The van der Waals surface area contributed by atoms with Gasteiger partial charge in [0.1, 0.15) is 29.9 Å². The van der Waals surface area contributed by atoms with Crippen LogP contribution in [-0.4, -0.2) is 41.9 Å². The lowest BCUT2D eigenvalue weighted by Gasteiger charge is -2.18. The number of amides is 1. The first-order valence-corrected chi connectivity index (χ1v) is 13.7. The number of nitrogens with zero attached hydrogens (tertiary/aromatic N) is 2. The lowest BCUT2D eigenvalue weighted by Crippen LogP contribution is -2.19. The van der Waals surface area contributed by atoms with Gasteiger partial charge in [0.05, 0.1) is 36.0 Å². The third kappa shape index (κ3) is 6.70. The number of ether oxygens (including phenoxy) is 1. The number of anilines is 3. The Morgan fingerprint density at radius 2 is 1.92 bits per heavy atom. The van der Waals surface area contributed by atoms with Gasteiger partial charge < -0.3 is 24.4 Å². The van der Waals surface area contributed by atoms with Gasteiger partial charge in [-0.15, -0.1) is 0 Å². The molecule has 0 saturated heterocycles. The monoisotopic (exact) mass is 536 g/mol. The molecule has 1 aliphatic carbocycles. The lowest BCUT2D eigenvalue weighted by molar-refractivity contribution is -0.114. The van der Waals surface area contributed by atoms with Crippen molar-refractivity contribution in [3.05, 3.63) is 47.5 Å². The molecule has 3 aromatic rings. The molecule has 0 unspecified atom stereocenters. The van der Waals surface area contributed by atoms with E-state index in [1.807, 2.05) is 0 Å². The summed E-state index contributed by atoms with van der Waals surface area (Å²) in [6, 6.07) is 7.61. The van der Waals surface area contributed by atoms with E-state index in [9.17, 15) is 13.8 Å². The van der Waals surface area contributed by atoms with Gasteiger partial charge in [0, 0.05) is 17.1 Å². The van der Waals surface area contributed by atoms with Crippen LogP contribution in [-0.2, 0) is 18.4 Å². The quantitative estimate of drug-likeness (QED) is 0.265. The fourth-order valence-corrected chi connectivity index (χ4v) is 5.15. The highest BCUT2D eigenvalue weighted by Gasteiger charge is 2.29. The van der Waals surface area contributed by atoms with Gasteiger partial charge in [-0.3, -0.25) is 9.36 Å². The second-order valence-corrected chi connectivity index (χ2v) is 10.7. The molecule has 1 aromatic heterocycles. The van der Waals surface area contributed by atoms with E-state index in [1.54, 1.807) is 26.0 Å². The van der Waals surface area contributed by atoms with Crippen LogP contribution in [0.25, 0.3) is 10.9 Å². The minimum atomic E-state index is -3.59. The van der Waals surface area contributed by atoms with Crippen molar-refractivity contribution in [3.63, 3.8) is 0 Å². The lowest BCUT2D eigenvalue weighted by atomic mass is 10.1. The van der Waals surface area contributed by atoms with Gasteiger partial charge in [-0.1, -0.05) is 11.6 Å². The number of carbonyl (C=O) groups excluding carboxylic acids is 1. The molecule has 1 aliphatic rings. The van der Waals surface area contributed by atoms with E-state index >= 15 is 0 Å².